The first-order chi connectivity index (χ1) is 13.7. The Morgan fingerprint density at radius 1 is 1.04 bits per heavy atom. The van der Waals surface area contributed by atoms with Crippen molar-refractivity contribution in [1.82, 2.24) is 4.57 Å². The van der Waals surface area contributed by atoms with E-state index in [4.69, 9.17) is 9.15 Å². The quantitative estimate of drug-likeness (QED) is 0.516. The Hall–Kier alpha value is -3.80. The van der Waals surface area contributed by atoms with Crippen LogP contribution in [0.15, 0.2) is 77.5 Å². The molecule has 6 nitrogen and oxygen atoms in total. The van der Waals surface area contributed by atoms with Crippen molar-refractivity contribution in [3.8, 4) is 5.75 Å². The van der Waals surface area contributed by atoms with E-state index in [9.17, 15) is 9.59 Å². The van der Waals surface area contributed by atoms with Crippen molar-refractivity contribution in [2.45, 2.75) is 6.54 Å². The highest BCUT2D eigenvalue weighted by atomic mass is 16.5. The molecule has 2 heterocycles. The highest BCUT2D eigenvalue weighted by Gasteiger charge is 2.19. The summed E-state index contributed by atoms with van der Waals surface area (Å²) in [5, 5.41) is 3.63. The summed E-state index contributed by atoms with van der Waals surface area (Å²) in [4.78, 5) is 25.3. The van der Waals surface area contributed by atoms with E-state index in [-0.39, 0.29) is 24.0 Å². The Balaban J connectivity index is 1.60. The van der Waals surface area contributed by atoms with Crippen LogP contribution in [0.4, 0.5) is 5.69 Å². The van der Waals surface area contributed by atoms with Crippen LogP contribution in [0.2, 0.25) is 0 Å². The molecule has 4 aromatic rings. The van der Waals surface area contributed by atoms with Gasteiger partial charge in [0.15, 0.2) is 5.76 Å². The number of carbonyl (C=O) groups excluding carboxylic acids is 2. The third kappa shape index (κ3) is 3.40. The highest BCUT2D eigenvalue weighted by molar-refractivity contribution is 6.15. The fourth-order valence-electron chi connectivity index (χ4n) is 3.13. The van der Waals surface area contributed by atoms with Crippen LogP contribution in [-0.2, 0) is 11.3 Å². The predicted molar refractivity (Wildman–Crippen MR) is 106 cm³/mol. The van der Waals surface area contributed by atoms with Gasteiger partial charge in [-0.3, -0.25) is 9.59 Å². The zero-order valence-electron chi connectivity index (χ0n) is 15.2. The maximum atomic E-state index is 12.8. The summed E-state index contributed by atoms with van der Waals surface area (Å²) in [6.45, 7) is 0.0813. The Morgan fingerprint density at radius 2 is 1.82 bits per heavy atom. The van der Waals surface area contributed by atoms with Gasteiger partial charge in [0, 0.05) is 22.8 Å². The van der Waals surface area contributed by atoms with Gasteiger partial charge in [0.1, 0.15) is 12.3 Å². The molecule has 2 aromatic heterocycles. The molecule has 0 spiro atoms. The number of amides is 1. The topological polar surface area (TPSA) is 73.5 Å². The standard InChI is InChI=1S/C22H18N2O4/c1-27-16-10-8-15(9-11-16)23-21(25)14-24-13-18(17-5-2-3-6-19(17)24)22(26)20-7-4-12-28-20/h2-13H,14H2,1H3,(H,23,25). The Morgan fingerprint density at radius 3 is 2.54 bits per heavy atom. The Labute approximate surface area is 161 Å². The van der Waals surface area contributed by atoms with Gasteiger partial charge in [0.05, 0.1) is 18.9 Å². The second-order valence-corrected chi connectivity index (χ2v) is 6.27. The smallest absolute Gasteiger partial charge is 0.244 e. The van der Waals surface area contributed by atoms with Gasteiger partial charge in [-0.05, 0) is 42.5 Å². The largest absolute Gasteiger partial charge is 0.497 e. The number of para-hydroxylation sites is 1. The number of hydrogen-bond acceptors (Lipinski definition) is 4. The van der Waals surface area contributed by atoms with Gasteiger partial charge in [-0.1, -0.05) is 18.2 Å². The molecule has 2 aromatic carbocycles. The molecule has 0 aliphatic carbocycles. The molecular weight excluding hydrogens is 356 g/mol. The lowest BCUT2D eigenvalue weighted by atomic mass is 10.1. The molecule has 0 fully saturated rings. The van der Waals surface area contributed by atoms with Crippen LogP contribution in [0.3, 0.4) is 0 Å². The molecule has 140 valence electrons. The number of fused-ring (bicyclic) bond motifs is 1. The normalized spacial score (nSPS) is 10.8. The van der Waals surface area contributed by atoms with Gasteiger partial charge in [-0.2, -0.15) is 0 Å². The maximum Gasteiger partial charge on any atom is 0.244 e. The maximum absolute atomic E-state index is 12.8. The van der Waals surface area contributed by atoms with Crippen LogP contribution in [0.1, 0.15) is 16.1 Å². The minimum absolute atomic E-state index is 0.0813. The number of benzene rings is 2. The van der Waals surface area contributed by atoms with Crippen molar-refractivity contribution < 1.29 is 18.7 Å². The predicted octanol–water partition coefficient (Wildman–Crippen LogP) is 4.11. The van der Waals surface area contributed by atoms with Crippen LogP contribution >= 0.6 is 0 Å². The number of furan rings is 1. The number of aromatic nitrogens is 1. The lowest BCUT2D eigenvalue weighted by Crippen LogP contribution is -2.18. The second kappa shape index (κ2) is 7.44. The molecule has 0 aliphatic rings. The van der Waals surface area contributed by atoms with Crippen molar-refractivity contribution in [2.75, 3.05) is 12.4 Å². The van der Waals surface area contributed by atoms with E-state index >= 15 is 0 Å². The highest BCUT2D eigenvalue weighted by Crippen LogP contribution is 2.24. The van der Waals surface area contributed by atoms with Gasteiger partial charge in [-0.15, -0.1) is 0 Å². The van der Waals surface area contributed by atoms with Crippen molar-refractivity contribution in [2.24, 2.45) is 0 Å². The minimum Gasteiger partial charge on any atom is -0.497 e. The molecule has 0 unspecified atom stereocenters. The lowest BCUT2D eigenvalue weighted by Gasteiger charge is -2.08. The summed E-state index contributed by atoms with van der Waals surface area (Å²) in [6, 6.07) is 17.9. The van der Waals surface area contributed by atoms with Crippen molar-refractivity contribution >= 4 is 28.3 Å². The third-order valence-electron chi connectivity index (χ3n) is 4.47. The van der Waals surface area contributed by atoms with E-state index in [1.807, 2.05) is 24.3 Å². The summed E-state index contributed by atoms with van der Waals surface area (Å²) in [5.41, 5.74) is 1.99. The van der Waals surface area contributed by atoms with E-state index in [0.717, 1.165) is 16.7 Å². The van der Waals surface area contributed by atoms with Crippen molar-refractivity contribution in [3.05, 3.63) is 84.4 Å². The zero-order chi connectivity index (χ0) is 19.5. The number of methoxy groups -OCH3 is 1. The van der Waals surface area contributed by atoms with E-state index in [0.29, 0.717) is 11.3 Å². The van der Waals surface area contributed by atoms with Crippen LogP contribution in [0.25, 0.3) is 10.9 Å². The number of ketones is 1. The summed E-state index contributed by atoms with van der Waals surface area (Å²) in [6.07, 6.45) is 3.16. The third-order valence-corrected chi connectivity index (χ3v) is 4.47. The molecule has 0 saturated carbocycles. The number of hydrogen-bond donors (Lipinski definition) is 1. The van der Waals surface area contributed by atoms with Gasteiger partial charge >= 0.3 is 0 Å². The van der Waals surface area contributed by atoms with Gasteiger partial charge in [0.2, 0.25) is 11.7 Å². The first kappa shape index (κ1) is 17.6. The number of carbonyl (C=O) groups is 2. The molecule has 0 atom stereocenters. The molecule has 0 radical (unpaired) electrons. The summed E-state index contributed by atoms with van der Waals surface area (Å²) in [7, 11) is 1.59. The van der Waals surface area contributed by atoms with Crippen LogP contribution in [-0.4, -0.2) is 23.4 Å². The van der Waals surface area contributed by atoms with Gasteiger partial charge in [-0.25, -0.2) is 0 Å². The van der Waals surface area contributed by atoms with Gasteiger partial charge in [0.25, 0.3) is 0 Å². The van der Waals surface area contributed by atoms with E-state index in [1.54, 1.807) is 54.3 Å². The summed E-state index contributed by atoms with van der Waals surface area (Å²) < 4.78 is 12.1. The number of nitrogens with one attached hydrogen (secondary N) is 1. The fourth-order valence-corrected chi connectivity index (χ4v) is 3.13. The number of rotatable bonds is 6. The molecule has 1 N–H and O–H groups in total. The molecule has 1 amide bonds. The van der Waals surface area contributed by atoms with E-state index < -0.39 is 0 Å². The zero-order valence-corrected chi connectivity index (χ0v) is 15.2. The van der Waals surface area contributed by atoms with Crippen molar-refractivity contribution in [1.29, 1.82) is 0 Å². The summed E-state index contributed by atoms with van der Waals surface area (Å²) in [5.74, 6) is 0.583. The molecule has 0 saturated heterocycles. The fraction of sp³-hybridized carbons (Fsp3) is 0.0909. The first-order valence-corrected chi connectivity index (χ1v) is 8.75. The first-order valence-electron chi connectivity index (χ1n) is 8.75. The Bertz CT molecular complexity index is 1130. The number of nitrogens with zero attached hydrogens (tertiary/aromatic N) is 1. The molecule has 6 heteroatoms. The number of anilines is 1. The summed E-state index contributed by atoms with van der Waals surface area (Å²) >= 11 is 0. The average molecular weight is 374 g/mol. The van der Waals surface area contributed by atoms with Crippen LogP contribution < -0.4 is 10.1 Å². The van der Waals surface area contributed by atoms with Crippen LogP contribution in [0, 0.1) is 0 Å². The average Bonchev–Trinajstić information content (AvgIpc) is 3.37. The van der Waals surface area contributed by atoms with Crippen molar-refractivity contribution in [3.63, 3.8) is 0 Å². The SMILES string of the molecule is COc1ccc(NC(=O)Cn2cc(C(=O)c3ccco3)c3ccccc32)cc1. The van der Waals surface area contributed by atoms with Gasteiger partial charge < -0.3 is 19.0 Å². The van der Waals surface area contributed by atoms with Crippen LogP contribution in [0.5, 0.6) is 5.75 Å². The Kier molecular flexibility index (Phi) is 4.68. The lowest BCUT2D eigenvalue weighted by molar-refractivity contribution is -0.116. The molecule has 0 bridgehead atoms. The van der Waals surface area contributed by atoms with E-state index in [2.05, 4.69) is 5.32 Å². The second-order valence-electron chi connectivity index (χ2n) is 6.27. The minimum atomic E-state index is -0.212. The van der Waals surface area contributed by atoms with E-state index in [1.165, 1.54) is 6.26 Å². The molecule has 28 heavy (non-hydrogen) atoms. The monoisotopic (exact) mass is 374 g/mol. The molecular formula is C22H18N2O4. The molecule has 4 rings (SSSR count). The number of ether oxygens (including phenoxy) is 1. The molecule has 0 aliphatic heterocycles.